The van der Waals surface area contributed by atoms with E-state index in [9.17, 15) is 4.79 Å². The van der Waals surface area contributed by atoms with E-state index in [1.807, 2.05) is 60.7 Å². The molecule has 4 heteroatoms. The SMILES string of the molecule is Cc1ccccc1P(c1ccccc1)c1cccc(NC(=O)Nc2cccc3ccccc23)c1. The number of benzene rings is 5. The quantitative estimate of drug-likeness (QED) is 0.287. The summed E-state index contributed by atoms with van der Waals surface area (Å²) in [5.41, 5.74) is 2.83. The first kappa shape index (κ1) is 21.9. The third-order valence-corrected chi connectivity index (χ3v) is 8.36. The zero-order chi connectivity index (χ0) is 23.3. The number of amides is 2. The zero-order valence-corrected chi connectivity index (χ0v) is 19.8. The smallest absolute Gasteiger partial charge is 0.308 e. The molecule has 0 aliphatic carbocycles. The first-order valence-corrected chi connectivity index (χ1v) is 12.6. The summed E-state index contributed by atoms with van der Waals surface area (Å²) in [5, 5.41) is 11.9. The van der Waals surface area contributed by atoms with Crippen molar-refractivity contribution < 1.29 is 4.79 Å². The second-order valence-electron chi connectivity index (χ2n) is 8.11. The highest BCUT2D eigenvalue weighted by molar-refractivity contribution is 7.79. The summed E-state index contributed by atoms with van der Waals surface area (Å²) in [4.78, 5) is 12.9. The van der Waals surface area contributed by atoms with Gasteiger partial charge in [-0.1, -0.05) is 103 Å². The van der Waals surface area contributed by atoms with Gasteiger partial charge in [0.15, 0.2) is 0 Å². The number of anilines is 2. The van der Waals surface area contributed by atoms with Crippen LogP contribution in [0.2, 0.25) is 0 Å². The summed E-state index contributed by atoms with van der Waals surface area (Å²) in [6.45, 7) is 2.16. The molecule has 0 fully saturated rings. The molecule has 0 aliphatic rings. The van der Waals surface area contributed by atoms with Crippen molar-refractivity contribution >= 4 is 52.0 Å². The average Bonchev–Trinajstić information content (AvgIpc) is 2.86. The molecule has 0 spiro atoms. The van der Waals surface area contributed by atoms with Crippen molar-refractivity contribution in [2.24, 2.45) is 0 Å². The van der Waals surface area contributed by atoms with Crippen LogP contribution < -0.4 is 26.5 Å². The van der Waals surface area contributed by atoms with Crippen LogP contribution in [0.4, 0.5) is 16.2 Å². The van der Waals surface area contributed by atoms with Crippen LogP contribution >= 0.6 is 7.92 Å². The molecule has 0 saturated heterocycles. The fraction of sp³-hybridized carbons (Fsp3) is 0.0333. The largest absolute Gasteiger partial charge is 0.323 e. The molecule has 0 saturated carbocycles. The van der Waals surface area contributed by atoms with E-state index in [0.29, 0.717) is 0 Å². The van der Waals surface area contributed by atoms with Gasteiger partial charge in [0, 0.05) is 11.1 Å². The molecule has 0 radical (unpaired) electrons. The second-order valence-corrected chi connectivity index (χ2v) is 10.3. The van der Waals surface area contributed by atoms with Crippen molar-refractivity contribution in [2.45, 2.75) is 6.92 Å². The summed E-state index contributed by atoms with van der Waals surface area (Å²) in [5.74, 6) is 0. The van der Waals surface area contributed by atoms with Crippen LogP contribution in [-0.2, 0) is 0 Å². The number of hydrogen-bond acceptors (Lipinski definition) is 1. The normalized spacial score (nSPS) is 11.7. The van der Waals surface area contributed by atoms with Crippen LogP contribution in [0.25, 0.3) is 10.8 Å². The topological polar surface area (TPSA) is 41.1 Å². The molecule has 2 N–H and O–H groups in total. The molecule has 5 rings (SSSR count). The lowest BCUT2D eigenvalue weighted by molar-refractivity contribution is 0.262. The van der Waals surface area contributed by atoms with E-state index in [-0.39, 0.29) is 6.03 Å². The number of carbonyl (C=O) groups excluding carboxylic acids is 1. The number of urea groups is 1. The second kappa shape index (κ2) is 9.91. The fourth-order valence-electron chi connectivity index (χ4n) is 4.16. The maximum Gasteiger partial charge on any atom is 0.323 e. The minimum atomic E-state index is -0.751. The molecule has 3 nitrogen and oxygen atoms in total. The maximum atomic E-state index is 12.9. The van der Waals surface area contributed by atoms with E-state index in [2.05, 4.69) is 78.2 Å². The number of aryl methyl sites for hydroxylation is 1. The van der Waals surface area contributed by atoms with Crippen LogP contribution in [0.5, 0.6) is 0 Å². The summed E-state index contributed by atoms with van der Waals surface area (Å²) in [6, 6.07) is 41.0. The van der Waals surface area contributed by atoms with Gasteiger partial charge in [0.2, 0.25) is 0 Å². The van der Waals surface area contributed by atoms with E-state index in [1.165, 1.54) is 21.5 Å². The van der Waals surface area contributed by atoms with E-state index in [0.717, 1.165) is 22.1 Å². The Morgan fingerprint density at radius 3 is 2.18 bits per heavy atom. The Labute approximate surface area is 201 Å². The Kier molecular flexibility index (Phi) is 6.38. The average molecular weight is 461 g/mol. The molecule has 0 aliphatic heterocycles. The molecule has 1 unspecified atom stereocenters. The molecular formula is C30H25N2OP. The molecule has 2 amide bonds. The van der Waals surface area contributed by atoms with Gasteiger partial charge in [-0.25, -0.2) is 4.79 Å². The van der Waals surface area contributed by atoms with Gasteiger partial charge in [-0.3, -0.25) is 0 Å². The van der Waals surface area contributed by atoms with Crippen molar-refractivity contribution in [1.29, 1.82) is 0 Å². The molecule has 1 atom stereocenters. The van der Waals surface area contributed by atoms with E-state index < -0.39 is 7.92 Å². The molecule has 166 valence electrons. The van der Waals surface area contributed by atoms with Crippen molar-refractivity contribution in [3.63, 3.8) is 0 Å². The van der Waals surface area contributed by atoms with Crippen LogP contribution in [0, 0.1) is 6.92 Å². The minimum Gasteiger partial charge on any atom is -0.308 e. The number of fused-ring (bicyclic) bond motifs is 1. The van der Waals surface area contributed by atoms with Gasteiger partial charge in [-0.05, 0) is 59.9 Å². The molecule has 34 heavy (non-hydrogen) atoms. The van der Waals surface area contributed by atoms with Crippen molar-refractivity contribution in [1.82, 2.24) is 0 Å². The first-order valence-electron chi connectivity index (χ1n) is 11.3. The van der Waals surface area contributed by atoms with Gasteiger partial charge >= 0.3 is 6.03 Å². The standard InChI is InChI=1S/C30H25N2OP/c1-22-11-5-8-20-29(22)34(25-15-3-2-4-16-25)26-17-10-14-24(21-26)31-30(33)32-28-19-9-13-23-12-6-7-18-27(23)28/h2-21H,1H3,(H2,31,32,33). The van der Waals surface area contributed by atoms with Gasteiger partial charge in [0.1, 0.15) is 0 Å². The highest BCUT2D eigenvalue weighted by Crippen LogP contribution is 2.34. The number of nitrogens with one attached hydrogen (secondary N) is 2. The number of hydrogen-bond donors (Lipinski definition) is 2. The van der Waals surface area contributed by atoms with Gasteiger partial charge in [-0.2, -0.15) is 0 Å². The lowest BCUT2D eigenvalue weighted by Gasteiger charge is -2.22. The summed E-state index contributed by atoms with van der Waals surface area (Å²) < 4.78 is 0. The predicted octanol–water partition coefficient (Wildman–Crippen LogP) is 6.55. The number of carbonyl (C=O) groups is 1. The number of rotatable bonds is 5. The highest BCUT2D eigenvalue weighted by atomic mass is 31.1. The van der Waals surface area contributed by atoms with Crippen LogP contribution in [0.1, 0.15) is 5.56 Å². The molecule has 5 aromatic carbocycles. The third-order valence-electron chi connectivity index (χ3n) is 5.77. The predicted molar refractivity (Wildman–Crippen MR) is 146 cm³/mol. The highest BCUT2D eigenvalue weighted by Gasteiger charge is 2.18. The van der Waals surface area contributed by atoms with Crippen molar-refractivity contribution in [2.75, 3.05) is 10.6 Å². The van der Waals surface area contributed by atoms with E-state index >= 15 is 0 Å². The maximum absolute atomic E-state index is 12.9. The summed E-state index contributed by atoms with van der Waals surface area (Å²) in [6.07, 6.45) is 0. The Morgan fingerprint density at radius 1 is 0.647 bits per heavy atom. The zero-order valence-electron chi connectivity index (χ0n) is 18.9. The van der Waals surface area contributed by atoms with Gasteiger partial charge in [0.05, 0.1) is 5.69 Å². The van der Waals surface area contributed by atoms with Gasteiger partial charge in [-0.15, -0.1) is 0 Å². The molecule has 0 bridgehead atoms. The molecule has 0 aromatic heterocycles. The van der Waals surface area contributed by atoms with Crippen LogP contribution in [0.15, 0.2) is 121 Å². The van der Waals surface area contributed by atoms with Gasteiger partial charge in [0.25, 0.3) is 0 Å². The Hall–Kier alpha value is -3.94. The Bertz CT molecular complexity index is 1440. The lowest BCUT2D eigenvalue weighted by Crippen LogP contribution is -2.24. The fourth-order valence-corrected chi connectivity index (χ4v) is 6.65. The first-order chi connectivity index (χ1) is 16.7. The van der Waals surface area contributed by atoms with Crippen LogP contribution in [0.3, 0.4) is 0 Å². The molecular weight excluding hydrogens is 435 g/mol. The van der Waals surface area contributed by atoms with E-state index in [4.69, 9.17) is 0 Å². The van der Waals surface area contributed by atoms with Crippen molar-refractivity contribution in [3.05, 3.63) is 127 Å². The third kappa shape index (κ3) is 4.71. The molecule has 5 aromatic rings. The van der Waals surface area contributed by atoms with E-state index in [1.54, 1.807) is 0 Å². The Balaban J connectivity index is 1.44. The monoisotopic (exact) mass is 460 g/mol. The minimum absolute atomic E-state index is 0.256. The van der Waals surface area contributed by atoms with Crippen molar-refractivity contribution in [3.8, 4) is 0 Å². The molecule has 0 heterocycles. The lowest BCUT2D eigenvalue weighted by atomic mass is 10.1. The summed E-state index contributed by atoms with van der Waals surface area (Å²) in [7, 11) is -0.751. The van der Waals surface area contributed by atoms with Crippen LogP contribution in [-0.4, -0.2) is 6.03 Å². The van der Waals surface area contributed by atoms with Gasteiger partial charge < -0.3 is 10.6 Å². The Morgan fingerprint density at radius 2 is 1.32 bits per heavy atom. The summed E-state index contributed by atoms with van der Waals surface area (Å²) >= 11 is 0.